The maximum atomic E-state index is 11.9. The molecule has 2 rings (SSSR count). The molecule has 0 saturated heterocycles. The molecule has 1 N–H and O–H groups in total. The van der Waals surface area contributed by atoms with Crippen molar-refractivity contribution in [2.45, 2.75) is 6.42 Å². The summed E-state index contributed by atoms with van der Waals surface area (Å²) in [6.45, 7) is 0. The van der Waals surface area contributed by atoms with Crippen LogP contribution in [0.15, 0.2) is 34.8 Å². The molecule has 2 aromatic rings. The largest absolute Gasteiger partial charge is 0.481 e. The second-order valence-corrected chi connectivity index (χ2v) is 5.21. The molecule has 0 radical (unpaired) electrons. The van der Waals surface area contributed by atoms with Gasteiger partial charge in [-0.25, -0.2) is 4.98 Å². The number of carbonyl (C=O) groups is 1. The average molecular weight is 357 g/mol. The number of carbonyl (C=O) groups excluding carboxylic acids is 1. The summed E-state index contributed by atoms with van der Waals surface area (Å²) in [4.78, 5) is 19.8. The highest BCUT2D eigenvalue weighted by atomic mass is 79.9. The fourth-order valence-corrected chi connectivity index (χ4v) is 1.95. The van der Waals surface area contributed by atoms with Gasteiger partial charge >= 0.3 is 0 Å². The third-order valence-electron chi connectivity index (χ3n) is 2.41. The SMILES string of the molecule is COc1cc(Cl)nc(NC(=O)Cc2ccc(Br)cc2)n1. The van der Waals surface area contributed by atoms with Crippen LogP contribution in [0.25, 0.3) is 0 Å². The second-order valence-electron chi connectivity index (χ2n) is 3.91. The van der Waals surface area contributed by atoms with Crippen LogP contribution in [0, 0.1) is 0 Å². The number of hydrogen-bond acceptors (Lipinski definition) is 4. The van der Waals surface area contributed by atoms with Crippen molar-refractivity contribution in [2.75, 3.05) is 12.4 Å². The van der Waals surface area contributed by atoms with Gasteiger partial charge in [-0.3, -0.25) is 10.1 Å². The number of halogens is 2. The van der Waals surface area contributed by atoms with Gasteiger partial charge in [0.15, 0.2) is 0 Å². The van der Waals surface area contributed by atoms with Crippen molar-refractivity contribution in [1.82, 2.24) is 9.97 Å². The van der Waals surface area contributed by atoms with Gasteiger partial charge in [0.05, 0.1) is 13.5 Å². The first-order valence-electron chi connectivity index (χ1n) is 5.69. The van der Waals surface area contributed by atoms with Crippen LogP contribution < -0.4 is 10.1 Å². The zero-order valence-corrected chi connectivity index (χ0v) is 12.9. The van der Waals surface area contributed by atoms with Gasteiger partial charge in [0.25, 0.3) is 0 Å². The summed E-state index contributed by atoms with van der Waals surface area (Å²) in [6.07, 6.45) is 0.228. The molecule has 1 amide bonds. The predicted octanol–water partition coefficient (Wildman–Crippen LogP) is 3.08. The lowest BCUT2D eigenvalue weighted by atomic mass is 10.1. The number of aromatic nitrogens is 2. The van der Waals surface area contributed by atoms with E-state index >= 15 is 0 Å². The summed E-state index contributed by atoms with van der Waals surface area (Å²) >= 11 is 9.14. The fourth-order valence-electron chi connectivity index (χ4n) is 1.51. The van der Waals surface area contributed by atoms with Crippen molar-refractivity contribution < 1.29 is 9.53 Å². The summed E-state index contributed by atoms with van der Waals surface area (Å²) in [5.41, 5.74) is 0.889. The van der Waals surface area contributed by atoms with E-state index in [-0.39, 0.29) is 23.4 Å². The Morgan fingerprint density at radius 2 is 2.05 bits per heavy atom. The molecule has 0 bridgehead atoms. The topological polar surface area (TPSA) is 64.1 Å². The van der Waals surface area contributed by atoms with Crippen molar-refractivity contribution in [3.63, 3.8) is 0 Å². The summed E-state index contributed by atoms with van der Waals surface area (Å²) in [5, 5.41) is 2.79. The summed E-state index contributed by atoms with van der Waals surface area (Å²) < 4.78 is 5.92. The van der Waals surface area contributed by atoms with Gasteiger partial charge in [-0.1, -0.05) is 39.7 Å². The van der Waals surface area contributed by atoms with Crippen LogP contribution in [0.3, 0.4) is 0 Å². The maximum absolute atomic E-state index is 11.9. The Morgan fingerprint density at radius 3 is 2.70 bits per heavy atom. The fraction of sp³-hybridized carbons (Fsp3) is 0.154. The van der Waals surface area contributed by atoms with Crippen LogP contribution in [-0.4, -0.2) is 23.0 Å². The summed E-state index contributed by atoms with van der Waals surface area (Å²) in [6, 6.07) is 8.95. The predicted molar refractivity (Wildman–Crippen MR) is 80.1 cm³/mol. The highest BCUT2D eigenvalue weighted by Gasteiger charge is 2.08. The lowest BCUT2D eigenvalue weighted by Gasteiger charge is -2.06. The highest BCUT2D eigenvalue weighted by Crippen LogP contribution is 2.16. The molecule has 1 aromatic heterocycles. The van der Waals surface area contributed by atoms with Crippen LogP contribution in [0.5, 0.6) is 5.88 Å². The molecule has 0 aliphatic rings. The Labute approximate surface area is 129 Å². The number of amides is 1. The van der Waals surface area contributed by atoms with Crippen LogP contribution in [0.2, 0.25) is 5.15 Å². The molecule has 0 spiro atoms. The Hall–Kier alpha value is -1.66. The van der Waals surface area contributed by atoms with Gasteiger partial charge < -0.3 is 4.74 Å². The lowest BCUT2D eigenvalue weighted by molar-refractivity contribution is -0.115. The third-order valence-corrected chi connectivity index (χ3v) is 3.13. The minimum Gasteiger partial charge on any atom is -0.481 e. The maximum Gasteiger partial charge on any atom is 0.234 e. The van der Waals surface area contributed by atoms with E-state index in [1.54, 1.807) is 0 Å². The van der Waals surface area contributed by atoms with Crippen molar-refractivity contribution in [2.24, 2.45) is 0 Å². The molecule has 1 aromatic carbocycles. The van der Waals surface area contributed by atoms with E-state index in [1.165, 1.54) is 13.2 Å². The van der Waals surface area contributed by atoms with E-state index in [0.29, 0.717) is 5.88 Å². The van der Waals surface area contributed by atoms with Gasteiger partial charge in [0.1, 0.15) is 5.15 Å². The molecule has 0 aliphatic heterocycles. The molecular weight excluding hydrogens is 346 g/mol. The molecule has 0 saturated carbocycles. The lowest BCUT2D eigenvalue weighted by Crippen LogP contribution is -2.16. The van der Waals surface area contributed by atoms with Gasteiger partial charge in [-0.05, 0) is 17.7 Å². The first kappa shape index (κ1) is 14.7. The van der Waals surface area contributed by atoms with E-state index in [9.17, 15) is 4.79 Å². The molecule has 0 atom stereocenters. The highest BCUT2D eigenvalue weighted by molar-refractivity contribution is 9.10. The van der Waals surface area contributed by atoms with Gasteiger partial charge in [0, 0.05) is 10.5 Å². The molecule has 5 nitrogen and oxygen atoms in total. The summed E-state index contributed by atoms with van der Waals surface area (Å²) in [7, 11) is 1.46. The van der Waals surface area contributed by atoms with Crippen molar-refractivity contribution >= 4 is 39.4 Å². The van der Waals surface area contributed by atoms with Crippen LogP contribution in [0.1, 0.15) is 5.56 Å². The number of rotatable bonds is 4. The molecule has 104 valence electrons. The van der Waals surface area contributed by atoms with Crippen molar-refractivity contribution in [3.05, 3.63) is 45.5 Å². The Bertz CT molecular complexity index is 620. The minimum atomic E-state index is -0.225. The van der Waals surface area contributed by atoms with Crippen LogP contribution in [0.4, 0.5) is 5.95 Å². The van der Waals surface area contributed by atoms with Gasteiger partial charge in [-0.2, -0.15) is 4.98 Å². The van der Waals surface area contributed by atoms with Gasteiger partial charge in [-0.15, -0.1) is 0 Å². The number of ether oxygens (including phenoxy) is 1. The van der Waals surface area contributed by atoms with E-state index < -0.39 is 0 Å². The number of methoxy groups -OCH3 is 1. The van der Waals surface area contributed by atoms with Gasteiger partial charge in [0.2, 0.25) is 17.7 Å². The number of nitrogens with one attached hydrogen (secondary N) is 1. The Kier molecular flexibility index (Phi) is 4.92. The molecule has 7 heteroatoms. The first-order chi connectivity index (χ1) is 9.56. The van der Waals surface area contributed by atoms with Crippen molar-refractivity contribution in [1.29, 1.82) is 0 Å². The molecule has 20 heavy (non-hydrogen) atoms. The zero-order chi connectivity index (χ0) is 14.5. The van der Waals surface area contributed by atoms with E-state index in [0.717, 1.165) is 10.0 Å². The standard InChI is InChI=1S/C13H11BrClN3O2/c1-20-12-7-10(15)16-13(18-12)17-11(19)6-8-2-4-9(14)5-3-8/h2-5,7H,6H2,1H3,(H,16,17,18,19). The smallest absolute Gasteiger partial charge is 0.234 e. The number of benzene rings is 1. The average Bonchev–Trinajstić information content (AvgIpc) is 2.40. The van der Waals surface area contributed by atoms with E-state index in [2.05, 4.69) is 31.2 Å². The molecular formula is C13H11BrClN3O2. The third kappa shape index (κ3) is 4.18. The minimum absolute atomic E-state index is 0.122. The zero-order valence-electron chi connectivity index (χ0n) is 10.6. The van der Waals surface area contributed by atoms with Crippen molar-refractivity contribution in [3.8, 4) is 5.88 Å². The normalized spacial score (nSPS) is 10.2. The number of hydrogen-bond donors (Lipinski definition) is 1. The van der Waals surface area contributed by atoms with Crippen LogP contribution in [-0.2, 0) is 11.2 Å². The monoisotopic (exact) mass is 355 g/mol. The molecule has 1 heterocycles. The molecule has 0 aliphatic carbocycles. The number of anilines is 1. The molecule has 0 fully saturated rings. The quantitative estimate of drug-likeness (QED) is 0.855. The van der Waals surface area contributed by atoms with E-state index in [1.807, 2.05) is 24.3 Å². The van der Waals surface area contributed by atoms with Crippen LogP contribution >= 0.6 is 27.5 Å². The molecule has 0 unspecified atom stereocenters. The summed E-state index contributed by atoms with van der Waals surface area (Å²) in [5.74, 6) is 0.192. The number of nitrogens with zero attached hydrogens (tertiary/aromatic N) is 2. The Balaban J connectivity index is 2.04. The second kappa shape index (κ2) is 6.67. The Morgan fingerprint density at radius 1 is 1.35 bits per heavy atom. The van der Waals surface area contributed by atoms with E-state index in [4.69, 9.17) is 16.3 Å². The first-order valence-corrected chi connectivity index (χ1v) is 6.87.